The van der Waals surface area contributed by atoms with Gasteiger partial charge in [-0.05, 0) is 36.4 Å². The lowest BCUT2D eigenvalue weighted by atomic mass is 10.3. The molecule has 0 spiro atoms. The Morgan fingerprint density at radius 2 is 1.68 bits per heavy atom. The van der Waals surface area contributed by atoms with Crippen molar-refractivity contribution in [3.8, 4) is 0 Å². The van der Waals surface area contributed by atoms with Crippen LogP contribution < -0.4 is 21.5 Å². The van der Waals surface area contributed by atoms with Gasteiger partial charge in [-0.2, -0.15) is 26.7 Å². The van der Waals surface area contributed by atoms with Crippen LogP contribution in [0.4, 0.5) is 23.3 Å². The first-order valence-electron chi connectivity index (χ1n) is 9.12. The first kappa shape index (κ1) is 22.5. The van der Waals surface area contributed by atoms with Gasteiger partial charge in [0.05, 0.1) is 10.6 Å². The number of nitrogen functional groups attached to an aromatic ring is 1. The lowest BCUT2D eigenvalue weighted by molar-refractivity contribution is -0.115. The van der Waals surface area contributed by atoms with Crippen LogP contribution in [0.5, 0.6) is 0 Å². The minimum atomic E-state index is -3.76. The number of nitrogens with one attached hydrogen (secondary N) is 2. The first-order chi connectivity index (χ1) is 14.8. The highest BCUT2D eigenvalue weighted by molar-refractivity contribution is 7.98. The highest BCUT2D eigenvalue weighted by atomic mass is 32.2. The molecule has 2 aromatic carbocycles. The number of anilines is 4. The lowest BCUT2D eigenvalue weighted by Crippen LogP contribution is -2.14. The van der Waals surface area contributed by atoms with Crippen LogP contribution in [0.1, 0.15) is 12.2 Å². The summed E-state index contributed by atoms with van der Waals surface area (Å²) >= 11 is 1.48. The molecular weight excluding hydrogens is 438 g/mol. The number of nitrogens with two attached hydrogens (primary N) is 2. The van der Waals surface area contributed by atoms with E-state index < -0.39 is 10.0 Å². The Bertz CT molecular complexity index is 1140. The number of sulfonamides is 1. The molecule has 0 bridgehead atoms. The summed E-state index contributed by atoms with van der Waals surface area (Å²) in [6.45, 7) is 0. The number of amides is 1. The van der Waals surface area contributed by atoms with Gasteiger partial charge in [0.1, 0.15) is 5.82 Å². The monoisotopic (exact) mass is 459 g/mol. The highest BCUT2D eigenvalue weighted by Gasteiger charge is 2.09. The molecule has 0 aliphatic rings. The van der Waals surface area contributed by atoms with Crippen molar-refractivity contribution in [2.24, 2.45) is 5.14 Å². The molecule has 0 unspecified atom stereocenters. The normalized spacial score (nSPS) is 11.1. The molecule has 0 fully saturated rings. The van der Waals surface area contributed by atoms with E-state index in [4.69, 9.17) is 10.9 Å². The number of aromatic nitrogens is 3. The van der Waals surface area contributed by atoms with E-state index in [1.165, 1.54) is 36.0 Å². The van der Waals surface area contributed by atoms with Crippen molar-refractivity contribution in [1.29, 1.82) is 0 Å². The van der Waals surface area contributed by atoms with Crippen LogP contribution in [0.25, 0.3) is 0 Å². The number of carbonyl (C=O) groups is 1. The molecule has 0 aliphatic carbocycles. The fourth-order valence-electron chi connectivity index (χ4n) is 2.49. The third kappa shape index (κ3) is 7.20. The topological polar surface area (TPSA) is 166 Å². The number of hydrogen-bond donors (Lipinski definition) is 4. The van der Waals surface area contributed by atoms with Gasteiger partial charge >= 0.3 is 0 Å². The van der Waals surface area contributed by atoms with Crippen molar-refractivity contribution in [2.75, 3.05) is 22.1 Å². The summed E-state index contributed by atoms with van der Waals surface area (Å²) in [5.74, 6) is 1.78. The molecule has 1 heterocycles. The van der Waals surface area contributed by atoms with Crippen molar-refractivity contribution in [3.05, 3.63) is 60.4 Å². The van der Waals surface area contributed by atoms with Crippen molar-refractivity contribution in [3.63, 3.8) is 0 Å². The second kappa shape index (κ2) is 10.2. The summed E-state index contributed by atoms with van der Waals surface area (Å²) in [5, 5.41) is 10.8. The number of primary sulfonamides is 1. The van der Waals surface area contributed by atoms with Crippen LogP contribution in [0, 0.1) is 0 Å². The van der Waals surface area contributed by atoms with E-state index in [1.807, 2.05) is 30.3 Å². The molecule has 3 aromatic rings. The second-order valence-electron chi connectivity index (χ2n) is 6.34. The lowest BCUT2D eigenvalue weighted by Gasteiger charge is -2.08. The Morgan fingerprint density at radius 1 is 0.968 bits per heavy atom. The fraction of sp³-hybridized carbons (Fsp3) is 0.158. The zero-order valence-corrected chi connectivity index (χ0v) is 18.0. The minimum Gasteiger partial charge on any atom is -0.368 e. The molecule has 0 saturated heterocycles. The molecule has 1 aromatic heterocycles. The third-order valence-electron chi connectivity index (χ3n) is 3.90. The Hall–Kier alpha value is -3.22. The van der Waals surface area contributed by atoms with Crippen molar-refractivity contribution >= 4 is 51.0 Å². The standard InChI is InChI=1S/C19H21N7O3S2/c20-18-24-16(25-19(26-18)23-13-4-2-1-3-5-13)12-30-11-10-17(27)22-14-6-8-15(9-7-14)31(21,28)29/h1-9H,10-12H2,(H,22,27)(H2,21,28,29)(H3,20,23,24,25,26). The van der Waals surface area contributed by atoms with Gasteiger partial charge in [-0.3, -0.25) is 4.79 Å². The summed E-state index contributed by atoms with van der Waals surface area (Å²) in [6, 6.07) is 15.1. The van der Waals surface area contributed by atoms with E-state index in [2.05, 4.69) is 25.6 Å². The number of carbonyl (C=O) groups excluding carboxylic acids is 1. The highest BCUT2D eigenvalue weighted by Crippen LogP contribution is 2.17. The molecule has 3 rings (SSSR count). The molecule has 0 saturated carbocycles. The Kier molecular flexibility index (Phi) is 7.39. The van der Waals surface area contributed by atoms with Gasteiger partial charge in [-0.1, -0.05) is 18.2 Å². The van der Waals surface area contributed by atoms with Crippen LogP contribution in [0.2, 0.25) is 0 Å². The Labute approximate surface area is 183 Å². The molecule has 1 amide bonds. The second-order valence-corrected chi connectivity index (χ2v) is 9.01. The minimum absolute atomic E-state index is 0.0150. The smallest absolute Gasteiger partial charge is 0.238 e. The maximum absolute atomic E-state index is 12.1. The van der Waals surface area contributed by atoms with Crippen molar-refractivity contribution < 1.29 is 13.2 Å². The van der Waals surface area contributed by atoms with Crippen LogP contribution >= 0.6 is 11.8 Å². The van der Waals surface area contributed by atoms with Gasteiger partial charge in [0.2, 0.25) is 27.8 Å². The van der Waals surface area contributed by atoms with E-state index in [9.17, 15) is 13.2 Å². The molecule has 162 valence electrons. The van der Waals surface area contributed by atoms with Gasteiger partial charge in [-0.15, -0.1) is 0 Å². The number of rotatable bonds is 9. The van der Waals surface area contributed by atoms with Crippen LogP contribution in [-0.4, -0.2) is 35.0 Å². The Balaban J connectivity index is 1.46. The van der Waals surface area contributed by atoms with Gasteiger partial charge in [0.25, 0.3) is 0 Å². The van der Waals surface area contributed by atoms with Crippen LogP contribution in [0.3, 0.4) is 0 Å². The maximum Gasteiger partial charge on any atom is 0.238 e. The third-order valence-corrected chi connectivity index (χ3v) is 5.78. The fourth-order valence-corrected chi connectivity index (χ4v) is 3.79. The summed E-state index contributed by atoms with van der Waals surface area (Å²) in [7, 11) is -3.76. The number of benzene rings is 2. The molecule has 0 atom stereocenters. The van der Waals surface area contributed by atoms with Crippen molar-refractivity contribution in [2.45, 2.75) is 17.1 Å². The number of hydrogen-bond acceptors (Lipinski definition) is 9. The zero-order valence-electron chi connectivity index (χ0n) is 16.4. The SMILES string of the molecule is Nc1nc(CSCCC(=O)Nc2ccc(S(N)(=O)=O)cc2)nc(Nc2ccccc2)n1. The van der Waals surface area contributed by atoms with E-state index >= 15 is 0 Å². The predicted octanol–water partition coefficient (Wildman–Crippen LogP) is 2.11. The van der Waals surface area contributed by atoms with Gasteiger partial charge in [-0.25, -0.2) is 13.6 Å². The maximum atomic E-state index is 12.1. The summed E-state index contributed by atoms with van der Waals surface area (Å²) < 4.78 is 22.5. The van der Waals surface area contributed by atoms with Crippen LogP contribution in [0.15, 0.2) is 59.5 Å². The van der Waals surface area contributed by atoms with E-state index in [0.29, 0.717) is 29.0 Å². The molecule has 12 heteroatoms. The van der Waals surface area contributed by atoms with E-state index in [1.54, 1.807) is 0 Å². The quantitative estimate of drug-likeness (QED) is 0.350. The largest absolute Gasteiger partial charge is 0.368 e. The number of para-hydroxylation sites is 1. The summed E-state index contributed by atoms with van der Waals surface area (Å²) in [6.07, 6.45) is 0.261. The molecule has 0 radical (unpaired) electrons. The molecule has 6 N–H and O–H groups in total. The van der Waals surface area contributed by atoms with E-state index in [-0.39, 0.29) is 23.2 Å². The van der Waals surface area contributed by atoms with Crippen molar-refractivity contribution in [1.82, 2.24) is 15.0 Å². The predicted molar refractivity (Wildman–Crippen MR) is 121 cm³/mol. The van der Waals surface area contributed by atoms with E-state index in [0.717, 1.165) is 5.69 Å². The molecule has 10 nitrogen and oxygen atoms in total. The number of thioether (sulfide) groups is 1. The molecule has 31 heavy (non-hydrogen) atoms. The zero-order chi connectivity index (χ0) is 22.3. The average molecular weight is 460 g/mol. The average Bonchev–Trinajstić information content (AvgIpc) is 2.71. The van der Waals surface area contributed by atoms with Crippen LogP contribution in [-0.2, 0) is 20.6 Å². The number of nitrogens with zero attached hydrogens (tertiary/aromatic N) is 3. The van der Waals surface area contributed by atoms with Gasteiger partial charge in [0.15, 0.2) is 0 Å². The summed E-state index contributed by atoms with van der Waals surface area (Å²) in [4.78, 5) is 24.6. The van der Waals surface area contributed by atoms with Gasteiger partial charge < -0.3 is 16.4 Å². The first-order valence-corrected chi connectivity index (χ1v) is 11.8. The molecular formula is C19H21N7O3S2. The summed E-state index contributed by atoms with van der Waals surface area (Å²) in [5.41, 5.74) is 7.09. The Morgan fingerprint density at radius 3 is 2.35 bits per heavy atom. The van der Waals surface area contributed by atoms with Gasteiger partial charge in [0, 0.05) is 23.5 Å². The molecule has 0 aliphatic heterocycles.